The SMILES string of the molecule is CCCC[C@@H](C(=O)Cc1c(C)cccc1C)[N+]1(CCC)CCCCC1. The van der Waals surface area contributed by atoms with E-state index in [0.717, 1.165) is 10.9 Å². The van der Waals surface area contributed by atoms with Crippen LogP contribution in [0.4, 0.5) is 0 Å². The van der Waals surface area contributed by atoms with Gasteiger partial charge in [0.15, 0.2) is 5.78 Å². The average Bonchev–Trinajstić information content (AvgIpc) is 2.59. The Labute approximate surface area is 155 Å². The van der Waals surface area contributed by atoms with Gasteiger partial charge in [-0.25, -0.2) is 0 Å². The van der Waals surface area contributed by atoms with Crippen LogP contribution in [0.5, 0.6) is 0 Å². The number of rotatable bonds is 9. The van der Waals surface area contributed by atoms with Gasteiger partial charge in [0.05, 0.1) is 19.6 Å². The first-order chi connectivity index (χ1) is 12.0. The van der Waals surface area contributed by atoms with E-state index in [4.69, 9.17) is 0 Å². The third kappa shape index (κ3) is 4.94. The molecule has 0 amide bonds. The molecule has 1 fully saturated rings. The summed E-state index contributed by atoms with van der Waals surface area (Å²) in [5.74, 6) is 0.487. The smallest absolute Gasteiger partial charge is 0.194 e. The fraction of sp³-hybridized carbons (Fsp3) is 0.696. The van der Waals surface area contributed by atoms with Gasteiger partial charge in [0.1, 0.15) is 6.04 Å². The van der Waals surface area contributed by atoms with Crippen LogP contribution in [0.2, 0.25) is 0 Å². The molecule has 140 valence electrons. The van der Waals surface area contributed by atoms with E-state index in [1.165, 1.54) is 74.8 Å². The summed E-state index contributed by atoms with van der Waals surface area (Å²) in [7, 11) is 0. The Bertz CT molecular complexity index is 531. The lowest BCUT2D eigenvalue weighted by molar-refractivity contribution is -0.947. The van der Waals surface area contributed by atoms with E-state index >= 15 is 0 Å². The quantitative estimate of drug-likeness (QED) is 0.549. The molecule has 1 atom stereocenters. The number of nitrogens with zero attached hydrogens (tertiary/aromatic N) is 1. The molecule has 1 aliphatic heterocycles. The maximum Gasteiger partial charge on any atom is 0.194 e. The fourth-order valence-electron chi connectivity index (χ4n) is 4.84. The van der Waals surface area contributed by atoms with Crippen molar-refractivity contribution in [1.82, 2.24) is 0 Å². The van der Waals surface area contributed by atoms with Crippen molar-refractivity contribution >= 4 is 5.78 Å². The van der Waals surface area contributed by atoms with Crippen LogP contribution in [0.1, 0.15) is 75.5 Å². The number of quaternary nitrogens is 1. The molecule has 2 nitrogen and oxygen atoms in total. The highest BCUT2D eigenvalue weighted by Gasteiger charge is 2.41. The normalized spacial score (nSPS) is 18.1. The van der Waals surface area contributed by atoms with Gasteiger partial charge in [-0.05, 0) is 62.6 Å². The molecule has 0 spiro atoms. The van der Waals surface area contributed by atoms with Gasteiger partial charge in [-0.2, -0.15) is 0 Å². The highest BCUT2D eigenvalue weighted by atomic mass is 16.1. The molecule has 2 heteroatoms. The molecule has 1 aromatic carbocycles. The second-order valence-electron chi connectivity index (χ2n) is 8.12. The first-order valence-electron chi connectivity index (χ1n) is 10.5. The molecule has 0 N–H and O–H groups in total. The summed E-state index contributed by atoms with van der Waals surface area (Å²) in [6.45, 7) is 12.4. The number of hydrogen-bond donors (Lipinski definition) is 0. The number of Topliss-reactive ketones (excluding diaryl/α,β-unsaturated/α-hetero) is 1. The van der Waals surface area contributed by atoms with Crippen LogP contribution >= 0.6 is 0 Å². The minimum atomic E-state index is 0.208. The molecular formula is C23H38NO+. The number of hydrogen-bond acceptors (Lipinski definition) is 1. The number of carbonyl (C=O) groups is 1. The molecule has 1 heterocycles. The van der Waals surface area contributed by atoms with Crippen molar-refractivity contribution in [3.05, 3.63) is 34.9 Å². The first kappa shape index (κ1) is 20.2. The van der Waals surface area contributed by atoms with E-state index in [1.54, 1.807) is 0 Å². The van der Waals surface area contributed by atoms with E-state index in [0.29, 0.717) is 12.2 Å². The van der Waals surface area contributed by atoms with Gasteiger partial charge >= 0.3 is 0 Å². The Balaban J connectivity index is 2.27. The Kier molecular flexibility index (Phi) is 7.68. The summed E-state index contributed by atoms with van der Waals surface area (Å²) in [4.78, 5) is 13.5. The minimum Gasteiger partial charge on any atom is -0.315 e. The summed E-state index contributed by atoms with van der Waals surface area (Å²) in [6.07, 6.45) is 9.15. The molecule has 1 aliphatic rings. The number of unbranched alkanes of at least 4 members (excludes halogenated alkanes) is 1. The van der Waals surface area contributed by atoms with Crippen LogP contribution in [0.25, 0.3) is 0 Å². The van der Waals surface area contributed by atoms with Crippen LogP contribution in [0.3, 0.4) is 0 Å². The zero-order valence-electron chi connectivity index (χ0n) is 16.9. The molecule has 0 aromatic heterocycles. The molecule has 25 heavy (non-hydrogen) atoms. The molecule has 0 radical (unpaired) electrons. The lowest BCUT2D eigenvalue weighted by Gasteiger charge is -2.47. The zero-order valence-corrected chi connectivity index (χ0v) is 16.9. The van der Waals surface area contributed by atoms with Crippen molar-refractivity contribution in [1.29, 1.82) is 0 Å². The van der Waals surface area contributed by atoms with Crippen molar-refractivity contribution in [3.63, 3.8) is 0 Å². The highest BCUT2D eigenvalue weighted by Crippen LogP contribution is 2.29. The predicted octanol–water partition coefficient (Wildman–Crippen LogP) is 5.38. The molecule has 0 bridgehead atoms. The molecule has 0 aliphatic carbocycles. The maximum absolute atomic E-state index is 13.5. The van der Waals surface area contributed by atoms with Gasteiger partial charge in [0.25, 0.3) is 0 Å². The number of benzene rings is 1. The number of likely N-dealkylation sites (tertiary alicyclic amines) is 1. The summed E-state index contributed by atoms with van der Waals surface area (Å²) in [5, 5.41) is 0. The number of aryl methyl sites for hydroxylation is 2. The molecule has 0 saturated carbocycles. The summed E-state index contributed by atoms with van der Waals surface area (Å²) in [5.41, 5.74) is 3.80. The van der Waals surface area contributed by atoms with Crippen molar-refractivity contribution in [2.24, 2.45) is 0 Å². The number of ketones is 1. The molecule has 2 rings (SSSR count). The predicted molar refractivity (Wildman–Crippen MR) is 107 cm³/mol. The average molecular weight is 345 g/mol. The largest absolute Gasteiger partial charge is 0.315 e. The Morgan fingerprint density at radius 1 is 1.04 bits per heavy atom. The monoisotopic (exact) mass is 344 g/mol. The fourth-order valence-corrected chi connectivity index (χ4v) is 4.84. The lowest BCUT2D eigenvalue weighted by atomic mass is 9.90. The van der Waals surface area contributed by atoms with Crippen LogP contribution in [-0.2, 0) is 11.2 Å². The van der Waals surface area contributed by atoms with Gasteiger partial charge in [0.2, 0.25) is 0 Å². The molecule has 0 unspecified atom stereocenters. The standard InChI is InChI=1S/C23H38NO/c1-5-7-14-22(24(15-6-2)16-9-8-10-17-24)23(25)18-21-19(3)12-11-13-20(21)4/h11-13,22H,5-10,14-18H2,1-4H3/q+1/t22-/m0/s1. The third-order valence-corrected chi connectivity index (χ3v) is 6.24. The van der Waals surface area contributed by atoms with Crippen molar-refractivity contribution < 1.29 is 9.28 Å². The molecular weight excluding hydrogens is 306 g/mol. The van der Waals surface area contributed by atoms with Crippen molar-refractivity contribution in [2.75, 3.05) is 19.6 Å². The van der Waals surface area contributed by atoms with Crippen molar-refractivity contribution in [3.8, 4) is 0 Å². The summed E-state index contributed by atoms with van der Waals surface area (Å²) >= 11 is 0. The lowest BCUT2D eigenvalue weighted by Crippen LogP contribution is -2.61. The van der Waals surface area contributed by atoms with E-state index < -0.39 is 0 Å². The number of piperidine rings is 1. The zero-order chi connectivity index (χ0) is 18.3. The van der Waals surface area contributed by atoms with Crippen LogP contribution in [0.15, 0.2) is 18.2 Å². The summed E-state index contributed by atoms with van der Waals surface area (Å²) < 4.78 is 1.07. The highest BCUT2D eigenvalue weighted by molar-refractivity contribution is 5.85. The summed E-state index contributed by atoms with van der Waals surface area (Å²) in [6, 6.07) is 6.60. The van der Waals surface area contributed by atoms with Crippen LogP contribution < -0.4 is 0 Å². The molecule has 1 aromatic rings. The van der Waals surface area contributed by atoms with Crippen LogP contribution in [0, 0.1) is 13.8 Å². The first-order valence-corrected chi connectivity index (χ1v) is 10.5. The van der Waals surface area contributed by atoms with Gasteiger partial charge in [-0.15, -0.1) is 0 Å². The van der Waals surface area contributed by atoms with Crippen LogP contribution in [-0.4, -0.2) is 35.9 Å². The van der Waals surface area contributed by atoms with Gasteiger partial charge in [0, 0.05) is 12.8 Å². The number of carbonyl (C=O) groups excluding carboxylic acids is 1. The van der Waals surface area contributed by atoms with E-state index in [-0.39, 0.29) is 6.04 Å². The Hall–Kier alpha value is -1.15. The van der Waals surface area contributed by atoms with Gasteiger partial charge in [-0.1, -0.05) is 38.5 Å². The van der Waals surface area contributed by atoms with Gasteiger partial charge < -0.3 is 4.48 Å². The van der Waals surface area contributed by atoms with Gasteiger partial charge in [-0.3, -0.25) is 4.79 Å². The van der Waals surface area contributed by atoms with E-state index in [2.05, 4.69) is 45.9 Å². The molecule has 1 saturated heterocycles. The third-order valence-electron chi connectivity index (χ3n) is 6.24. The topological polar surface area (TPSA) is 17.1 Å². The second-order valence-corrected chi connectivity index (χ2v) is 8.12. The maximum atomic E-state index is 13.5. The Morgan fingerprint density at radius 3 is 2.24 bits per heavy atom. The minimum absolute atomic E-state index is 0.208. The van der Waals surface area contributed by atoms with Crippen molar-refractivity contribution in [2.45, 2.75) is 85.1 Å². The van der Waals surface area contributed by atoms with E-state index in [1.807, 2.05) is 0 Å². The van der Waals surface area contributed by atoms with E-state index in [9.17, 15) is 4.79 Å². The second kappa shape index (κ2) is 9.52. The Morgan fingerprint density at radius 2 is 1.68 bits per heavy atom.